The van der Waals surface area contributed by atoms with Gasteiger partial charge in [-0.2, -0.15) is 0 Å². The average molecular weight is 172 g/mol. The van der Waals surface area contributed by atoms with Crippen LogP contribution in [0.4, 0.5) is 0 Å². The molecule has 0 N–H and O–H groups in total. The molecule has 0 spiro atoms. The lowest BCUT2D eigenvalue weighted by atomic mass is 10.5. The third kappa shape index (κ3) is 6.13. The third-order valence-electron chi connectivity index (χ3n) is 1.60. The Labute approximate surface area is 72.8 Å². The Bertz CT molecular complexity index is 109. The normalized spacial score (nSPS) is 12.5. The molecule has 0 heterocycles. The van der Waals surface area contributed by atoms with Gasteiger partial charge in [0.05, 0.1) is 0 Å². The molecule has 0 aliphatic heterocycles. The Morgan fingerprint density at radius 3 is 2.09 bits per heavy atom. The van der Waals surface area contributed by atoms with Crippen molar-refractivity contribution in [1.29, 1.82) is 0 Å². The lowest BCUT2D eigenvalue weighted by Gasteiger charge is -2.15. The predicted molar refractivity (Wildman–Crippen MR) is 54.3 cm³/mol. The molecule has 0 aromatic heterocycles. The summed E-state index contributed by atoms with van der Waals surface area (Å²) in [4.78, 5) is 2.32. The molecule has 0 unspecified atom stereocenters. The van der Waals surface area contributed by atoms with Crippen molar-refractivity contribution in [2.45, 2.75) is 13.8 Å². The maximum absolute atomic E-state index is 2.33. The van der Waals surface area contributed by atoms with Gasteiger partial charge in [-0.3, -0.25) is 0 Å². The van der Waals surface area contributed by atoms with Crippen molar-refractivity contribution in [3.63, 3.8) is 0 Å². The minimum atomic E-state index is -0.104. The van der Waals surface area contributed by atoms with E-state index in [9.17, 15) is 0 Å². The van der Waals surface area contributed by atoms with E-state index in [0.717, 1.165) is 13.1 Å². The van der Waals surface area contributed by atoms with Crippen LogP contribution in [0.2, 0.25) is 0 Å². The Kier molecular flexibility index (Phi) is 6.26. The summed E-state index contributed by atoms with van der Waals surface area (Å²) >= 11 is 0. The largest absolute Gasteiger partial charge is 0.379 e. The highest BCUT2D eigenvalue weighted by molar-refractivity contribution is 6.38. The minimum absolute atomic E-state index is 0.104. The van der Waals surface area contributed by atoms with Gasteiger partial charge in [0, 0.05) is 13.1 Å². The fourth-order valence-corrected chi connectivity index (χ4v) is 1.66. The Hall–Kier alpha value is -0.283. The Morgan fingerprint density at radius 1 is 1.18 bits per heavy atom. The van der Waals surface area contributed by atoms with Crippen molar-refractivity contribution in [2.75, 3.05) is 27.2 Å². The van der Waals surface area contributed by atoms with Crippen molar-refractivity contribution >= 4 is 9.68 Å². The lowest BCUT2D eigenvalue weighted by Crippen LogP contribution is -2.19. The molecule has 0 fully saturated rings. The Morgan fingerprint density at radius 2 is 1.73 bits per heavy atom. The van der Waals surface area contributed by atoms with Gasteiger partial charge in [-0.15, -0.1) is 0 Å². The summed E-state index contributed by atoms with van der Waals surface area (Å²) in [5, 5.41) is 0. The molecular formula is C8H20N2Si. The zero-order valence-corrected chi connectivity index (χ0v) is 9.58. The van der Waals surface area contributed by atoms with E-state index < -0.39 is 0 Å². The first-order valence-corrected chi connectivity index (χ1v) is 5.71. The molecule has 0 aromatic rings. The second-order valence-corrected chi connectivity index (χ2v) is 4.97. The topological polar surface area (TPSA) is 6.48 Å². The first-order chi connectivity index (χ1) is 5.20. The first kappa shape index (κ1) is 10.7. The van der Waals surface area contributed by atoms with E-state index in [0.29, 0.717) is 0 Å². The summed E-state index contributed by atoms with van der Waals surface area (Å²) in [5.41, 5.74) is 2.33. The van der Waals surface area contributed by atoms with Crippen molar-refractivity contribution in [3.05, 3.63) is 11.9 Å². The van der Waals surface area contributed by atoms with Gasteiger partial charge in [-0.25, -0.2) is 0 Å². The highest BCUT2D eigenvalue weighted by Gasteiger charge is 1.89. The summed E-state index contributed by atoms with van der Waals surface area (Å²) in [6, 6.07) is 0. The fraction of sp³-hybridized carbons (Fsp3) is 0.750. The van der Waals surface area contributed by atoms with Crippen LogP contribution in [0.3, 0.4) is 0 Å². The molecule has 0 bridgehead atoms. The predicted octanol–water partition coefficient (Wildman–Crippen LogP) is 0.445. The van der Waals surface area contributed by atoms with Gasteiger partial charge in [-0.1, -0.05) is 5.70 Å². The summed E-state index contributed by atoms with van der Waals surface area (Å²) in [7, 11) is 4.17. The molecule has 0 aromatic carbocycles. The number of nitrogens with zero attached hydrogens (tertiary/aromatic N) is 2. The minimum Gasteiger partial charge on any atom is -0.379 e. The van der Waals surface area contributed by atoms with Crippen LogP contribution in [-0.4, -0.2) is 46.3 Å². The highest BCUT2D eigenvalue weighted by Crippen LogP contribution is 1.87. The van der Waals surface area contributed by atoms with Gasteiger partial charge in [0.2, 0.25) is 0 Å². The molecule has 66 valence electrons. The van der Waals surface area contributed by atoms with Gasteiger partial charge < -0.3 is 9.47 Å². The van der Waals surface area contributed by atoms with Gasteiger partial charge >= 0.3 is 0 Å². The van der Waals surface area contributed by atoms with Crippen molar-refractivity contribution in [1.82, 2.24) is 9.47 Å². The van der Waals surface area contributed by atoms with E-state index >= 15 is 0 Å². The van der Waals surface area contributed by atoms with Crippen LogP contribution in [0.1, 0.15) is 13.8 Å². The summed E-state index contributed by atoms with van der Waals surface area (Å²) in [6.07, 6.45) is 2.23. The molecule has 3 heteroatoms. The molecule has 0 saturated carbocycles. The van der Waals surface area contributed by atoms with Crippen molar-refractivity contribution in [2.24, 2.45) is 0 Å². The fourth-order valence-electron chi connectivity index (χ4n) is 0.841. The second kappa shape index (κ2) is 6.43. The van der Waals surface area contributed by atoms with Crippen LogP contribution in [0.5, 0.6) is 0 Å². The Balaban J connectivity index is 3.53. The van der Waals surface area contributed by atoms with Crippen LogP contribution >= 0.6 is 0 Å². The maximum atomic E-state index is 2.33. The molecule has 0 aliphatic rings. The standard InChI is InChI=1S/C8H20N2Si/c1-5-10(6-2)7-8-11-9(3)4/h7-8H,5-6,11H2,1-4H3. The molecule has 11 heavy (non-hydrogen) atoms. The van der Waals surface area contributed by atoms with Crippen LogP contribution < -0.4 is 0 Å². The second-order valence-electron chi connectivity index (χ2n) is 2.87. The van der Waals surface area contributed by atoms with E-state index in [4.69, 9.17) is 0 Å². The van der Waals surface area contributed by atoms with Gasteiger partial charge in [0.25, 0.3) is 0 Å². The van der Waals surface area contributed by atoms with E-state index in [1.807, 2.05) is 0 Å². The van der Waals surface area contributed by atoms with Crippen molar-refractivity contribution < 1.29 is 0 Å². The lowest BCUT2D eigenvalue weighted by molar-refractivity contribution is 0.419. The van der Waals surface area contributed by atoms with Gasteiger partial charge in [0.1, 0.15) is 9.68 Å². The van der Waals surface area contributed by atoms with E-state index in [2.05, 4.69) is 49.3 Å². The smallest absolute Gasteiger partial charge is 0.120 e. The molecule has 0 saturated heterocycles. The zero-order valence-electron chi connectivity index (χ0n) is 8.17. The van der Waals surface area contributed by atoms with Crippen LogP contribution in [0.25, 0.3) is 0 Å². The van der Waals surface area contributed by atoms with Crippen LogP contribution in [0.15, 0.2) is 11.9 Å². The van der Waals surface area contributed by atoms with Crippen LogP contribution in [-0.2, 0) is 0 Å². The summed E-state index contributed by atoms with van der Waals surface area (Å²) in [5.74, 6) is 0. The van der Waals surface area contributed by atoms with Crippen molar-refractivity contribution in [3.8, 4) is 0 Å². The highest BCUT2D eigenvalue weighted by atomic mass is 28.2. The molecule has 0 atom stereocenters. The zero-order chi connectivity index (χ0) is 8.69. The van der Waals surface area contributed by atoms with E-state index in [1.165, 1.54) is 0 Å². The molecule has 0 aliphatic carbocycles. The first-order valence-electron chi connectivity index (χ1n) is 4.26. The molecule has 0 radical (unpaired) electrons. The average Bonchev–Trinajstić information content (AvgIpc) is 1.98. The third-order valence-corrected chi connectivity index (χ3v) is 2.75. The monoisotopic (exact) mass is 172 g/mol. The van der Waals surface area contributed by atoms with E-state index in [1.54, 1.807) is 0 Å². The number of hydrogen-bond donors (Lipinski definition) is 0. The number of rotatable bonds is 5. The van der Waals surface area contributed by atoms with Crippen LogP contribution in [0, 0.1) is 0 Å². The molecule has 0 amide bonds. The SMILES string of the molecule is CCN(C=C[SiH2]N(C)C)CC. The van der Waals surface area contributed by atoms with Gasteiger partial charge in [0.15, 0.2) is 0 Å². The summed E-state index contributed by atoms with van der Waals surface area (Å²) < 4.78 is 2.29. The molecular weight excluding hydrogens is 152 g/mol. The van der Waals surface area contributed by atoms with E-state index in [-0.39, 0.29) is 9.68 Å². The number of hydrogen-bond acceptors (Lipinski definition) is 2. The van der Waals surface area contributed by atoms with Gasteiger partial charge in [-0.05, 0) is 34.1 Å². The quantitative estimate of drug-likeness (QED) is 0.556. The molecule has 0 rings (SSSR count). The molecule has 2 nitrogen and oxygen atoms in total. The maximum Gasteiger partial charge on any atom is 0.120 e. The summed E-state index contributed by atoms with van der Waals surface area (Å²) in [6.45, 7) is 6.61.